The fourth-order valence-electron chi connectivity index (χ4n) is 2.57. The molecule has 0 saturated carbocycles. The maximum atomic E-state index is 8.84. The molecule has 2 rings (SSSR count). The van der Waals surface area contributed by atoms with Gasteiger partial charge in [-0.05, 0) is 48.2 Å². The summed E-state index contributed by atoms with van der Waals surface area (Å²) in [4.78, 5) is 4.37. The van der Waals surface area contributed by atoms with Crippen LogP contribution in [0.15, 0.2) is 30.5 Å². The Morgan fingerprint density at radius 3 is 2.57 bits per heavy atom. The Kier molecular flexibility index (Phi) is 6.74. The van der Waals surface area contributed by atoms with Crippen molar-refractivity contribution in [1.29, 1.82) is 0 Å². The van der Waals surface area contributed by atoms with E-state index in [9.17, 15) is 0 Å². The van der Waals surface area contributed by atoms with E-state index in [4.69, 9.17) is 9.84 Å². The van der Waals surface area contributed by atoms with Crippen LogP contribution in [0, 0.1) is 13.8 Å². The minimum Gasteiger partial charge on any atom is -0.496 e. The Hall–Kier alpha value is -1.72. The van der Waals surface area contributed by atoms with Crippen molar-refractivity contribution < 1.29 is 9.84 Å². The summed E-state index contributed by atoms with van der Waals surface area (Å²) in [6.45, 7) is 5.07. The third kappa shape index (κ3) is 5.15. The number of aliphatic hydroxyl groups is 1. The molecule has 0 aliphatic heterocycles. The van der Waals surface area contributed by atoms with Crippen LogP contribution in [0.5, 0.6) is 5.75 Å². The van der Waals surface area contributed by atoms with Crippen molar-refractivity contribution in [3.63, 3.8) is 0 Å². The second-order valence-corrected chi connectivity index (χ2v) is 6.55. The van der Waals surface area contributed by atoms with E-state index in [2.05, 4.69) is 42.3 Å². The van der Waals surface area contributed by atoms with E-state index < -0.39 is 0 Å². The van der Waals surface area contributed by atoms with E-state index in [0.29, 0.717) is 0 Å². The van der Waals surface area contributed by atoms with Gasteiger partial charge in [0.2, 0.25) is 0 Å². The predicted octanol–water partition coefficient (Wildman–Crippen LogP) is 3.54. The number of aryl methyl sites for hydroxylation is 2. The third-order valence-corrected chi connectivity index (χ3v) is 4.54. The van der Waals surface area contributed by atoms with Crippen molar-refractivity contribution in [1.82, 2.24) is 4.98 Å². The molecule has 0 aliphatic carbocycles. The number of benzene rings is 1. The Bertz CT molecular complexity index is 624. The van der Waals surface area contributed by atoms with Gasteiger partial charge in [0.25, 0.3) is 0 Å². The molecule has 0 spiro atoms. The van der Waals surface area contributed by atoms with Gasteiger partial charge >= 0.3 is 0 Å². The van der Waals surface area contributed by atoms with Gasteiger partial charge in [-0.1, -0.05) is 12.1 Å². The molecular formula is C18H24N2O2S. The molecule has 0 radical (unpaired) electrons. The van der Waals surface area contributed by atoms with Crippen molar-refractivity contribution in [2.24, 2.45) is 0 Å². The standard InChI is InChI=1S/C18H24N2O2S/c1-13-8-16(9-14(2)18(13)22-3)11-20-17-10-15(4-5-19-17)12-23-7-6-21/h4-5,8-10,21H,6-7,11-12H2,1-3H3,(H,19,20). The second-order valence-electron chi connectivity index (χ2n) is 5.44. The highest BCUT2D eigenvalue weighted by atomic mass is 32.2. The van der Waals surface area contributed by atoms with Gasteiger partial charge < -0.3 is 15.2 Å². The van der Waals surface area contributed by atoms with Crippen LogP contribution in [0.3, 0.4) is 0 Å². The first-order valence-corrected chi connectivity index (χ1v) is 8.81. The quantitative estimate of drug-likeness (QED) is 0.724. The minimum absolute atomic E-state index is 0.219. The van der Waals surface area contributed by atoms with E-state index in [0.717, 1.165) is 40.7 Å². The fraction of sp³-hybridized carbons (Fsp3) is 0.389. The van der Waals surface area contributed by atoms with E-state index in [-0.39, 0.29) is 6.61 Å². The lowest BCUT2D eigenvalue weighted by Crippen LogP contribution is -2.03. The number of aromatic nitrogens is 1. The minimum atomic E-state index is 0.219. The van der Waals surface area contributed by atoms with Crippen LogP contribution in [0.4, 0.5) is 5.82 Å². The number of thioether (sulfide) groups is 1. The van der Waals surface area contributed by atoms with E-state index in [1.165, 1.54) is 11.1 Å². The molecule has 0 aliphatic rings. The first-order chi connectivity index (χ1) is 11.1. The largest absolute Gasteiger partial charge is 0.496 e. The zero-order chi connectivity index (χ0) is 16.7. The molecule has 124 valence electrons. The van der Waals surface area contributed by atoms with Crippen LogP contribution in [-0.4, -0.2) is 29.6 Å². The zero-order valence-corrected chi connectivity index (χ0v) is 14.7. The second kappa shape index (κ2) is 8.79. The summed E-state index contributed by atoms with van der Waals surface area (Å²) in [6.07, 6.45) is 1.82. The molecule has 23 heavy (non-hydrogen) atoms. The van der Waals surface area contributed by atoms with Crippen molar-refractivity contribution in [3.05, 3.63) is 52.7 Å². The van der Waals surface area contributed by atoms with E-state index >= 15 is 0 Å². The maximum absolute atomic E-state index is 8.84. The van der Waals surface area contributed by atoms with Gasteiger partial charge in [0.15, 0.2) is 0 Å². The summed E-state index contributed by atoms with van der Waals surface area (Å²) >= 11 is 1.72. The molecule has 1 aromatic heterocycles. The Morgan fingerprint density at radius 2 is 1.91 bits per heavy atom. The molecule has 5 heteroatoms. The number of hydrogen-bond donors (Lipinski definition) is 2. The number of nitrogens with zero attached hydrogens (tertiary/aromatic N) is 1. The molecule has 0 saturated heterocycles. The van der Waals surface area contributed by atoms with E-state index in [1.807, 2.05) is 12.3 Å². The predicted molar refractivity (Wildman–Crippen MR) is 97.3 cm³/mol. The summed E-state index contributed by atoms with van der Waals surface area (Å²) in [5, 5.41) is 12.2. The molecule has 1 aromatic carbocycles. The Labute approximate surface area is 142 Å². The van der Waals surface area contributed by atoms with Gasteiger partial charge in [0, 0.05) is 24.2 Å². The van der Waals surface area contributed by atoms with Gasteiger partial charge in [-0.3, -0.25) is 0 Å². The molecule has 0 atom stereocenters. The fourth-order valence-corrected chi connectivity index (χ4v) is 3.26. The van der Waals surface area contributed by atoms with Crippen LogP contribution in [0.2, 0.25) is 0 Å². The van der Waals surface area contributed by atoms with E-state index in [1.54, 1.807) is 18.9 Å². The molecule has 4 nitrogen and oxygen atoms in total. The van der Waals surface area contributed by atoms with Crippen molar-refractivity contribution in [3.8, 4) is 5.75 Å². The highest BCUT2D eigenvalue weighted by molar-refractivity contribution is 7.98. The molecule has 2 N–H and O–H groups in total. The summed E-state index contributed by atoms with van der Waals surface area (Å²) in [5.41, 5.74) is 4.71. The van der Waals surface area contributed by atoms with Gasteiger partial charge in [-0.25, -0.2) is 4.98 Å². The summed E-state index contributed by atoms with van der Waals surface area (Å²) in [7, 11) is 1.71. The first kappa shape index (κ1) is 17.6. The SMILES string of the molecule is COc1c(C)cc(CNc2cc(CSCCO)ccn2)cc1C. The van der Waals surface area contributed by atoms with Crippen molar-refractivity contribution >= 4 is 17.6 Å². The van der Waals surface area contributed by atoms with Crippen LogP contribution in [-0.2, 0) is 12.3 Å². The molecule has 1 heterocycles. The molecule has 0 bridgehead atoms. The van der Waals surface area contributed by atoms with Crippen LogP contribution in [0.1, 0.15) is 22.3 Å². The number of ether oxygens (including phenoxy) is 1. The number of anilines is 1. The summed E-state index contributed by atoms with van der Waals surface area (Å²) < 4.78 is 5.40. The average molecular weight is 332 g/mol. The van der Waals surface area contributed by atoms with Crippen molar-refractivity contribution in [2.75, 3.05) is 24.8 Å². The number of methoxy groups -OCH3 is 1. The molecule has 0 fully saturated rings. The number of aliphatic hydroxyl groups excluding tert-OH is 1. The maximum Gasteiger partial charge on any atom is 0.126 e. The van der Waals surface area contributed by atoms with Crippen molar-refractivity contribution in [2.45, 2.75) is 26.1 Å². The topological polar surface area (TPSA) is 54.4 Å². The molecular weight excluding hydrogens is 308 g/mol. The molecule has 0 amide bonds. The highest BCUT2D eigenvalue weighted by Gasteiger charge is 2.05. The van der Waals surface area contributed by atoms with Gasteiger partial charge in [-0.2, -0.15) is 11.8 Å². The molecule has 2 aromatic rings. The first-order valence-electron chi connectivity index (χ1n) is 7.65. The molecule has 0 unspecified atom stereocenters. The van der Waals surface area contributed by atoms with Gasteiger partial charge in [0.1, 0.15) is 11.6 Å². The summed E-state index contributed by atoms with van der Waals surface area (Å²) in [5.74, 6) is 3.47. The highest BCUT2D eigenvalue weighted by Crippen LogP contribution is 2.24. The van der Waals surface area contributed by atoms with Gasteiger partial charge in [0.05, 0.1) is 13.7 Å². The third-order valence-electron chi connectivity index (χ3n) is 3.53. The normalized spacial score (nSPS) is 10.6. The number of hydrogen-bond acceptors (Lipinski definition) is 5. The Morgan fingerprint density at radius 1 is 1.17 bits per heavy atom. The lowest BCUT2D eigenvalue weighted by Gasteiger charge is -2.12. The van der Waals surface area contributed by atoms with Crippen LogP contribution < -0.4 is 10.1 Å². The lowest BCUT2D eigenvalue weighted by atomic mass is 10.1. The Balaban J connectivity index is 1.99. The lowest BCUT2D eigenvalue weighted by molar-refractivity contribution is 0.322. The summed E-state index contributed by atoms with van der Waals surface area (Å²) in [6, 6.07) is 8.35. The van der Waals surface area contributed by atoms with Crippen LogP contribution >= 0.6 is 11.8 Å². The zero-order valence-electron chi connectivity index (χ0n) is 13.9. The van der Waals surface area contributed by atoms with Crippen LogP contribution in [0.25, 0.3) is 0 Å². The number of rotatable bonds is 8. The number of pyridine rings is 1. The van der Waals surface area contributed by atoms with Gasteiger partial charge in [-0.15, -0.1) is 0 Å². The monoisotopic (exact) mass is 332 g/mol. The number of nitrogens with one attached hydrogen (secondary N) is 1. The average Bonchev–Trinajstić information content (AvgIpc) is 2.53. The smallest absolute Gasteiger partial charge is 0.126 e.